The van der Waals surface area contributed by atoms with Crippen molar-refractivity contribution in [2.24, 2.45) is 0 Å². The molecule has 2 rings (SSSR count). The van der Waals surface area contributed by atoms with E-state index in [1.807, 2.05) is 6.07 Å². The third kappa shape index (κ3) is 4.95. The zero-order valence-electron chi connectivity index (χ0n) is 13.4. The lowest BCUT2D eigenvalue weighted by Crippen LogP contribution is -2.14. The molecule has 2 aromatic carbocycles. The van der Waals surface area contributed by atoms with Gasteiger partial charge in [0.05, 0.1) is 19.8 Å². The lowest BCUT2D eigenvalue weighted by molar-refractivity contribution is -0.112. The minimum Gasteiger partial charge on any atom is -0.495 e. The number of methoxy groups -OCH3 is 1. The van der Waals surface area contributed by atoms with E-state index in [0.717, 1.165) is 12.9 Å². The molecule has 2 aromatic rings. The van der Waals surface area contributed by atoms with Crippen molar-refractivity contribution < 1.29 is 19.4 Å². The largest absolute Gasteiger partial charge is 0.495 e. The van der Waals surface area contributed by atoms with E-state index in [0.29, 0.717) is 11.3 Å². The Morgan fingerprint density at radius 1 is 1.23 bits per heavy atom. The average molecular weight is 574 g/mol. The Morgan fingerprint density at radius 2 is 1.88 bits per heavy atom. The molecule has 0 aliphatic carbocycles. The van der Waals surface area contributed by atoms with Crippen LogP contribution in [-0.2, 0) is 4.79 Å². The highest BCUT2D eigenvalue weighted by atomic mass is 127. The van der Waals surface area contributed by atoms with Crippen molar-refractivity contribution in [2.45, 2.75) is 0 Å². The number of amides is 1. The molecule has 0 spiro atoms. The zero-order valence-corrected chi connectivity index (χ0v) is 17.7. The number of carboxylic acids is 1. The number of benzene rings is 2. The smallest absolute Gasteiger partial charge is 0.335 e. The average Bonchev–Trinajstić information content (AvgIpc) is 2.59. The molecule has 0 fully saturated rings. The van der Waals surface area contributed by atoms with Crippen LogP contribution in [0.5, 0.6) is 5.75 Å². The number of rotatable bonds is 5. The number of hydrogen-bond acceptors (Lipinski definition) is 4. The summed E-state index contributed by atoms with van der Waals surface area (Å²) in [5.74, 6) is -0.979. The fourth-order valence-electron chi connectivity index (χ4n) is 2.10. The number of carbonyl (C=O) groups is 2. The maximum Gasteiger partial charge on any atom is 0.335 e. The van der Waals surface area contributed by atoms with E-state index in [4.69, 9.17) is 9.84 Å². The highest BCUT2D eigenvalue weighted by Crippen LogP contribution is 2.29. The van der Waals surface area contributed by atoms with Crippen LogP contribution in [0.15, 0.2) is 42.0 Å². The van der Waals surface area contributed by atoms with Crippen molar-refractivity contribution in [3.05, 3.63) is 60.2 Å². The van der Waals surface area contributed by atoms with Crippen molar-refractivity contribution in [1.29, 1.82) is 5.26 Å². The van der Waals surface area contributed by atoms with E-state index in [1.165, 1.54) is 24.3 Å². The van der Waals surface area contributed by atoms with Gasteiger partial charge in [-0.2, -0.15) is 5.26 Å². The monoisotopic (exact) mass is 574 g/mol. The predicted molar refractivity (Wildman–Crippen MR) is 114 cm³/mol. The van der Waals surface area contributed by atoms with Crippen LogP contribution in [0.3, 0.4) is 0 Å². The molecule has 0 atom stereocenters. The first-order chi connectivity index (χ1) is 12.3. The first-order valence-electron chi connectivity index (χ1n) is 7.15. The molecular formula is C18H12I2N2O4. The van der Waals surface area contributed by atoms with Crippen molar-refractivity contribution in [2.75, 3.05) is 12.4 Å². The number of halogens is 2. The Kier molecular flexibility index (Phi) is 6.98. The molecular weight excluding hydrogens is 562 g/mol. The molecule has 0 unspecified atom stereocenters. The molecule has 0 aromatic heterocycles. The standard InChI is InChI=1S/C18H12I2N2O4/c1-26-16-14(19)6-10(7-15(16)20)5-12(9-21)17(23)22-13-4-2-3-11(8-13)18(24)25/h2-8H,1H3,(H,22,23)(H,24,25)/b12-5-. The Hall–Kier alpha value is -2.13. The Bertz CT molecular complexity index is 925. The van der Waals surface area contributed by atoms with Crippen LogP contribution in [-0.4, -0.2) is 24.1 Å². The number of anilines is 1. The topological polar surface area (TPSA) is 99.4 Å². The third-order valence-electron chi connectivity index (χ3n) is 3.27. The maximum absolute atomic E-state index is 12.3. The fourth-order valence-corrected chi connectivity index (χ4v) is 4.36. The van der Waals surface area contributed by atoms with E-state index >= 15 is 0 Å². The SMILES string of the molecule is COc1c(I)cc(/C=C(/C#N)C(=O)Nc2cccc(C(=O)O)c2)cc1I. The van der Waals surface area contributed by atoms with E-state index < -0.39 is 11.9 Å². The molecule has 0 aliphatic heterocycles. The minimum atomic E-state index is -1.10. The summed E-state index contributed by atoms with van der Waals surface area (Å²) < 4.78 is 7.00. The van der Waals surface area contributed by atoms with Crippen LogP contribution in [0.25, 0.3) is 6.08 Å². The summed E-state index contributed by atoms with van der Waals surface area (Å²) in [4.78, 5) is 23.3. The van der Waals surface area contributed by atoms with Gasteiger partial charge in [-0.15, -0.1) is 0 Å². The first-order valence-corrected chi connectivity index (χ1v) is 9.31. The summed E-state index contributed by atoms with van der Waals surface area (Å²) in [6.07, 6.45) is 1.47. The van der Waals surface area contributed by atoms with Crippen LogP contribution in [0.2, 0.25) is 0 Å². The second kappa shape index (κ2) is 9.00. The van der Waals surface area contributed by atoms with Gasteiger partial charge in [-0.3, -0.25) is 4.79 Å². The van der Waals surface area contributed by atoms with Crippen molar-refractivity contribution in [1.82, 2.24) is 0 Å². The molecule has 2 N–H and O–H groups in total. The van der Waals surface area contributed by atoms with E-state index in [1.54, 1.807) is 25.3 Å². The number of nitrogens with one attached hydrogen (secondary N) is 1. The molecule has 0 saturated heterocycles. The van der Waals surface area contributed by atoms with Crippen LogP contribution in [0, 0.1) is 18.5 Å². The van der Waals surface area contributed by atoms with E-state index in [2.05, 4.69) is 50.5 Å². The molecule has 8 heteroatoms. The van der Waals surface area contributed by atoms with Crippen LogP contribution < -0.4 is 10.1 Å². The van der Waals surface area contributed by atoms with Gasteiger partial charge < -0.3 is 15.2 Å². The Balaban J connectivity index is 2.29. The molecule has 0 radical (unpaired) electrons. The molecule has 6 nitrogen and oxygen atoms in total. The zero-order chi connectivity index (χ0) is 19.3. The second-order valence-electron chi connectivity index (χ2n) is 5.03. The molecule has 0 bridgehead atoms. The van der Waals surface area contributed by atoms with Gasteiger partial charge in [0.25, 0.3) is 5.91 Å². The molecule has 132 valence electrons. The molecule has 26 heavy (non-hydrogen) atoms. The number of carbonyl (C=O) groups excluding carboxylic acids is 1. The number of nitrogens with zero attached hydrogens (tertiary/aromatic N) is 1. The summed E-state index contributed by atoms with van der Waals surface area (Å²) in [6, 6.07) is 11.3. The number of ether oxygens (including phenoxy) is 1. The first kappa shape index (κ1) is 20.2. The molecule has 0 saturated carbocycles. The van der Waals surface area contributed by atoms with Gasteiger partial charge in [0.15, 0.2) is 0 Å². The normalized spacial score (nSPS) is 10.8. The van der Waals surface area contributed by atoms with Crippen molar-refractivity contribution >= 4 is 68.8 Å². The summed E-state index contributed by atoms with van der Waals surface area (Å²) >= 11 is 4.24. The minimum absolute atomic E-state index is 0.0459. The lowest BCUT2D eigenvalue weighted by atomic mass is 10.1. The van der Waals surface area contributed by atoms with Crippen LogP contribution in [0.4, 0.5) is 5.69 Å². The highest BCUT2D eigenvalue weighted by molar-refractivity contribution is 14.1. The van der Waals surface area contributed by atoms with Gasteiger partial charge in [0.1, 0.15) is 17.4 Å². The van der Waals surface area contributed by atoms with E-state index in [-0.39, 0.29) is 11.1 Å². The Labute approximate surface area is 177 Å². The maximum atomic E-state index is 12.3. The molecule has 1 amide bonds. The lowest BCUT2D eigenvalue weighted by Gasteiger charge is -2.08. The molecule has 0 heterocycles. The van der Waals surface area contributed by atoms with Gasteiger partial charge in [-0.05, 0) is 87.2 Å². The van der Waals surface area contributed by atoms with Gasteiger partial charge in [0.2, 0.25) is 0 Å². The van der Waals surface area contributed by atoms with E-state index in [9.17, 15) is 14.9 Å². The number of hydrogen-bond donors (Lipinski definition) is 2. The number of aromatic carboxylic acids is 1. The van der Waals surface area contributed by atoms with Gasteiger partial charge >= 0.3 is 5.97 Å². The van der Waals surface area contributed by atoms with Gasteiger partial charge in [0, 0.05) is 5.69 Å². The van der Waals surface area contributed by atoms with Crippen LogP contribution >= 0.6 is 45.2 Å². The summed E-state index contributed by atoms with van der Waals surface area (Å²) in [7, 11) is 1.58. The van der Waals surface area contributed by atoms with Crippen molar-refractivity contribution in [3.8, 4) is 11.8 Å². The Morgan fingerprint density at radius 3 is 2.42 bits per heavy atom. The predicted octanol–water partition coefficient (Wildman–Crippen LogP) is 4.15. The summed E-state index contributed by atoms with van der Waals surface area (Å²) in [6.45, 7) is 0. The quantitative estimate of drug-likeness (QED) is 0.318. The fraction of sp³-hybridized carbons (Fsp3) is 0.0556. The number of nitriles is 1. The highest BCUT2D eigenvalue weighted by Gasteiger charge is 2.13. The van der Waals surface area contributed by atoms with Crippen molar-refractivity contribution in [3.63, 3.8) is 0 Å². The van der Waals surface area contributed by atoms with Crippen LogP contribution in [0.1, 0.15) is 15.9 Å². The summed E-state index contributed by atoms with van der Waals surface area (Å²) in [5, 5.41) is 20.9. The third-order valence-corrected chi connectivity index (χ3v) is 4.87. The van der Waals surface area contributed by atoms with Gasteiger partial charge in [-0.25, -0.2) is 4.79 Å². The molecule has 0 aliphatic rings. The second-order valence-corrected chi connectivity index (χ2v) is 7.35. The summed E-state index contributed by atoms with van der Waals surface area (Å²) in [5.41, 5.74) is 0.938. The number of carboxylic acid groups (broad SMARTS) is 1. The van der Waals surface area contributed by atoms with Gasteiger partial charge in [-0.1, -0.05) is 6.07 Å².